The zero-order valence-corrected chi connectivity index (χ0v) is 19.4. The number of rotatable bonds is 7. The SMILES string of the molecule is COc1ccccc1NC(=S)Nc1cccc(SC(C)C(=O)Nc2cccc(Cl)c2)c1. The van der Waals surface area contributed by atoms with Gasteiger partial charge < -0.3 is 20.7 Å². The van der Waals surface area contributed by atoms with Gasteiger partial charge in [-0.1, -0.05) is 35.9 Å². The van der Waals surface area contributed by atoms with Gasteiger partial charge in [0.2, 0.25) is 5.91 Å². The molecule has 3 aromatic rings. The molecule has 0 aromatic heterocycles. The van der Waals surface area contributed by atoms with Crippen molar-refractivity contribution >= 4 is 63.7 Å². The van der Waals surface area contributed by atoms with Gasteiger partial charge >= 0.3 is 0 Å². The highest BCUT2D eigenvalue weighted by Gasteiger charge is 2.15. The van der Waals surface area contributed by atoms with E-state index in [2.05, 4.69) is 16.0 Å². The Morgan fingerprint density at radius 3 is 2.42 bits per heavy atom. The summed E-state index contributed by atoms with van der Waals surface area (Å²) < 4.78 is 5.33. The molecule has 0 saturated heterocycles. The van der Waals surface area contributed by atoms with Gasteiger partial charge in [0.1, 0.15) is 5.75 Å². The molecule has 0 fully saturated rings. The fraction of sp³-hybridized carbons (Fsp3) is 0.130. The van der Waals surface area contributed by atoms with Gasteiger partial charge in [0.15, 0.2) is 5.11 Å². The van der Waals surface area contributed by atoms with Crippen molar-refractivity contribution in [3.8, 4) is 5.75 Å². The zero-order chi connectivity index (χ0) is 22.2. The number of amides is 1. The monoisotopic (exact) mass is 471 g/mol. The molecule has 1 atom stereocenters. The summed E-state index contributed by atoms with van der Waals surface area (Å²) >= 11 is 12.9. The number of methoxy groups -OCH3 is 1. The molecule has 1 amide bonds. The number of hydrogen-bond acceptors (Lipinski definition) is 4. The van der Waals surface area contributed by atoms with Crippen molar-refractivity contribution in [2.24, 2.45) is 0 Å². The van der Waals surface area contributed by atoms with Crippen molar-refractivity contribution in [2.45, 2.75) is 17.1 Å². The van der Waals surface area contributed by atoms with Crippen LogP contribution in [0.15, 0.2) is 77.7 Å². The van der Waals surface area contributed by atoms with Crippen LogP contribution in [0.1, 0.15) is 6.92 Å². The molecule has 160 valence electrons. The van der Waals surface area contributed by atoms with Crippen LogP contribution in [0.25, 0.3) is 0 Å². The van der Waals surface area contributed by atoms with Crippen LogP contribution in [0.2, 0.25) is 5.02 Å². The molecule has 0 radical (unpaired) electrons. The molecular weight excluding hydrogens is 450 g/mol. The fourth-order valence-corrected chi connectivity index (χ4v) is 4.09. The smallest absolute Gasteiger partial charge is 0.237 e. The van der Waals surface area contributed by atoms with E-state index < -0.39 is 0 Å². The Hall–Kier alpha value is -2.74. The van der Waals surface area contributed by atoms with Crippen molar-refractivity contribution in [1.82, 2.24) is 0 Å². The van der Waals surface area contributed by atoms with Crippen molar-refractivity contribution in [2.75, 3.05) is 23.1 Å². The van der Waals surface area contributed by atoms with E-state index in [9.17, 15) is 4.79 Å². The van der Waals surface area contributed by atoms with E-state index in [1.165, 1.54) is 11.8 Å². The number of carbonyl (C=O) groups excluding carboxylic acids is 1. The van der Waals surface area contributed by atoms with Crippen LogP contribution in [-0.2, 0) is 4.79 Å². The second kappa shape index (κ2) is 11.0. The number of anilines is 3. The van der Waals surface area contributed by atoms with Crippen molar-refractivity contribution in [3.63, 3.8) is 0 Å². The standard InChI is InChI=1S/C23H22ClN3O2S2/c1-15(22(28)25-17-8-5-7-16(24)13-17)31-19-10-6-9-18(14-19)26-23(30)27-20-11-3-4-12-21(20)29-2/h3-15H,1-2H3,(H,25,28)(H2,26,27,30). The van der Waals surface area contributed by atoms with E-state index in [1.807, 2.05) is 55.5 Å². The molecule has 0 aliphatic carbocycles. The predicted molar refractivity (Wildman–Crippen MR) is 135 cm³/mol. The number of benzene rings is 3. The number of hydrogen-bond donors (Lipinski definition) is 3. The molecule has 0 aliphatic heterocycles. The van der Waals surface area contributed by atoms with Gasteiger partial charge in [-0.25, -0.2) is 0 Å². The summed E-state index contributed by atoms with van der Waals surface area (Å²) in [7, 11) is 1.61. The van der Waals surface area contributed by atoms with E-state index in [4.69, 9.17) is 28.6 Å². The Kier molecular flexibility index (Phi) is 8.17. The Morgan fingerprint density at radius 2 is 1.68 bits per heavy atom. The van der Waals surface area contributed by atoms with Gasteiger partial charge in [-0.15, -0.1) is 11.8 Å². The second-order valence-corrected chi connectivity index (χ2v) is 8.83. The van der Waals surface area contributed by atoms with Crippen LogP contribution in [0.4, 0.5) is 17.1 Å². The molecular formula is C23H22ClN3O2S2. The highest BCUT2D eigenvalue weighted by atomic mass is 35.5. The maximum absolute atomic E-state index is 12.5. The molecule has 0 aliphatic rings. The van der Waals surface area contributed by atoms with E-state index >= 15 is 0 Å². The number of halogens is 1. The lowest BCUT2D eigenvalue weighted by atomic mass is 10.3. The average molecular weight is 472 g/mol. The molecule has 1 unspecified atom stereocenters. The van der Waals surface area contributed by atoms with Crippen molar-refractivity contribution in [1.29, 1.82) is 0 Å². The summed E-state index contributed by atoms with van der Waals surface area (Å²) in [6.45, 7) is 1.86. The Balaban J connectivity index is 1.59. The minimum absolute atomic E-state index is 0.0982. The minimum Gasteiger partial charge on any atom is -0.495 e. The van der Waals surface area contributed by atoms with Gasteiger partial charge in [-0.2, -0.15) is 0 Å². The van der Waals surface area contributed by atoms with E-state index in [-0.39, 0.29) is 11.2 Å². The minimum atomic E-state index is -0.298. The third-order valence-electron chi connectivity index (χ3n) is 4.22. The van der Waals surface area contributed by atoms with Gasteiger partial charge in [0.25, 0.3) is 0 Å². The van der Waals surface area contributed by atoms with Crippen LogP contribution >= 0.6 is 35.6 Å². The average Bonchev–Trinajstić information content (AvgIpc) is 2.74. The second-order valence-electron chi connectivity index (χ2n) is 6.57. The number of carbonyl (C=O) groups is 1. The van der Waals surface area contributed by atoms with Gasteiger partial charge in [0.05, 0.1) is 18.0 Å². The molecule has 3 rings (SSSR count). The van der Waals surface area contributed by atoms with Gasteiger partial charge in [-0.05, 0) is 67.7 Å². The molecule has 3 N–H and O–H groups in total. The summed E-state index contributed by atoms with van der Waals surface area (Å²) in [6, 6.07) is 22.4. The molecule has 8 heteroatoms. The maximum atomic E-state index is 12.5. The number of thiocarbonyl (C=S) groups is 1. The lowest BCUT2D eigenvalue weighted by Gasteiger charge is -2.15. The van der Waals surface area contributed by atoms with Gasteiger partial charge in [0, 0.05) is 21.3 Å². The van der Waals surface area contributed by atoms with Crippen LogP contribution in [0.3, 0.4) is 0 Å². The summed E-state index contributed by atoms with van der Waals surface area (Å²) in [5.74, 6) is 0.606. The molecule has 0 spiro atoms. The predicted octanol–water partition coefficient (Wildman–Crippen LogP) is 6.28. The van der Waals surface area contributed by atoms with Crippen molar-refractivity contribution in [3.05, 3.63) is 77.8 Å². The first kappa shape index (κ1) is 22.9. The topological polar surface area (TPSA) is 62.4 Å². The van der Waals surface area contributed by atoms with E-state index in [1.54, 1.807) is 31.4 Å². The zero-order valence-electron chi connectivity index (χ0n) is 17.0. The highest BCUT2D eigenvalue weighted by molar-refractivity contribution is 8.00. The third-order valence-corrected chi connectivity index (χ3v) is 5.75. The lowest BCUT2D eigenvalue weighted by molar-refractivity contribution is -0.115. The van der Waals surface area contributed by atoms with E-state index in [0.717, 1.165) is 16.3 Å². The van der Waals surface area contributed by atoms with Crippen LogP contribution < -0.4 is 20.7 Å². The Bertz CT molecular complexity index is 1080. The van der Waals surface area contributed by atoms with Crippen molar-refractivity contribution < 1.29 is 9.53 Å². The summed E-state index contributed by atoms with van der Waals surface area (Å²) in [5.41, 5.74) is 2.27. The number of nitrogens with one attached hydrogen (secondary N) is 3. The largest absolute Gasteiger partial charge is 0.495 e. The molecule has 31 heavy (non-hydrogen) atoms. The number of ether oxygens (including phenoxy) is 1. The summed E-state index contributed by atoms with van der Waals surface area (Å²) in [5, 5.41) is 9.91. The molecule has 3 aromatic carbocycles. The van der Waals surface area contributed by atoms with Gasteiger partial charge in [-0.3, -0.25) is 4.79 Å². The highest BCUT2D eigenvalue weighted by Crippen LogP contribution is 2.28. The third kappa shape index (κ3) is 6.89. The quantitative estimate of drug-likeness (QED) is 0.278. The molecule has 0 saturated carbocycles. The first-order valence-corrected chi connectivity index (χ1v) is 11.2. The Labute approximate surface area is 196 Å². The Morgan fingerprint density at radius 1 is 0.968 bits per heavy atom. The normalized spacial score (nSPS) is 11.3. The van der Waals surface area contributed by atoms with Crippen LogP contribution in [0, 0.1) is 0 Å². The van der Waals surface area contributed by atoms with Crippen LogP contribution in [-0.4, -0.2) is 23.4 Å². The molecule has 0 heterocycles. The first-order valence-electron chi connectivity index (χ1n) is 9.49. The first-order chi connectivity index (χ1) is 14.9. The number of thioether (sulfide) groups is 1. The maximum Gasteiger partial charge on any atom is 0.237 e. The number of para-hydroxylation sites is 2. The molecule has 0 bridgehead atoms. The molecule has 5 nitrogen and oxygen atoms in total. The fourth-order valence-electron chi connectivity index (χ4n) is 2.75. The summed E-state index contributed by atoms with van der Waals surface area (Å²) in [4.78, 5) is 13.5. The summed E-state index contributed by atoms with van der Waals surface area (Å²) in [6.07, 6.45) is 0. The lowest BCUT2D eigenvalue weighted by Crippen LogP contribution is -2.22. The van der Waals surface area contributed by atoms with E-state index in [0.29, 0.717) is 21.6 Å². The van der Waals surface area contributed by atoms with Crippen LogP contribution in [0.5, 0.6) is 5.75 Å².